The molecule has 0 radical (unpaired) electrons. The van der Waals surface area contributed by atoms with Gasteiger partial charge in [-0.05, 0) is 0 Å². The minimum absolute atomic E-state index is 0.131. The van der Waals surface area contributed by atoms with Crippen LogP contribution < -0.4 is 16.0 Å². The maximum Gasteiger partial charge on any atom is 0.276 e. The quantitative estimate of drug-likeness (QED) is 0.258. The number of aromatic nitrogens is 1. The Kier molecular flexibility index (Phi) is 6.35. The maximum absolute atomic E-state index is 12.3. The first kappa shape index (κ1) is 18.4. The van der Waals surface area contributed by atoms with Crippen LogP contribution in [0, 0.1) is 0 Å². The van der Waals surface area contributed by atoms with Crippen LogP contribution >= 0.6 is 34.5 Å². The smallest absolute Gasteiger partial charge is 0.276 e. The summed E-state index contributed by atoms with van der Waals surface area (Å²) in [6.07, 6.45) is 0. The highest BCUT2D eigenvalue weighted by atomic mass is 35.5. The zero-order chi connectivity index (χ0) is 17.7. The second kappa shape index (κ2) is 8.27. The molecule has 9 nitrogen and oxygen atoms in total. The van der Waals surface area contributed by atoms with E-state index < -0.39 is 17.9 Å². The number of rotatable bonds is 7. The fourth-order valence-corrected chi connectivity index (χ4v) is 2.87. The molecule has 1 aliphatic heterocycles. The largest absolute Gasteiger partial charge is 0.398 e. The van der Waals surface area contributed by atoms with Crippen molar-refractivity contribution in [2.24, 2.45) is 5.16 Å². The lowest BCUT2D eigenvalue weighted by atomic mass is 10.0. The molecule has 130 valence electrons. The molecular formula is C12H13Cl2N5O4S. The van der Waals surface area contributed by atoms with Crippen LogP contribution in [-0.2, 0) is 19.2 Å². The summed E-state index contributed by atoms with van der Waals surface area (Å²) in [5, 5.41) is 13.0. The van der Waals surface area contributed by atoms with Crippen LogP contribution in [0.1, 0.15) is 5.69 Å². The summed E-state index contributed by atoms with van der Waals surface area (Å²) in [7, 11) is 1.27. The van der Waals surface area contributed by atoms with Crippen LogP contribution in [0.25, 0.3) is 0 Å². The van der Waals surface area contributed by atoms with E-state index in [1.807, 2.05) is 0 Å². The van der Waals surface area contributed by atoms with E-state index in [-0.39, 0.29) is 40.2 Å². The summed E-state index contributed by atoms with van der Waals surface area (Å²) in [6.45, 7) is 0. The second-order valence-corrected chi connectivity index (χ2v) is 6.00. The van der Waals surface area contributed by atoms with Gasteiger partial charge in [0.15, 0.2) is 10.8 Å². The average Bonchev–Trinajstić information content (AvgIpc) is 3.02. The Bertz CT molecular complexity index is 680. The number of anilines is 1. The molecule has 0 bridgehead atoms. The molecule has 3 amide bonds. The van der Waals surface area contributed by atoms with Crippen LogP contribution in [0.15, 0.2) is 10.5 Å². The number of β-lactam (4-membered cyclic amide) rings is 1. The molecule has 1 fully saturated rings. The molecule has 0 unspecified atom stereocenters. The number of alkyl halides is 2. The average molecular weight is 394 g/mol. The van der Waals surface area contributed by atoms with Crippen LogP contribution in [0.5, 0.6) is 0 Å². The molecule has 1 saturated heterocycles. The van der Waals surface area contributed by atoms with E-state index in [0.717, 1.165) is 11.3 Å². The molecule has 24 heavy (non-hydrogen) atoms. The van der Waals surface area contributed by atoms with E-state index in [1.54, 1.807) is 0 Å². The number of nitrogens with one attached hydrogen (secondary N) is 3. The Morgan fingerprint density at radius 2 is 2.25 bits per heavy atom. The topological polar surface area (TPSA) is 122 Å². The van der Waals surface area contributed by atoms with Crippen molar-refractivity contribution in [3.05, 3.63) is 11.1 Å². The molecule has 1 aliphatic rings. The first-order chi connectivity index (χ1) is 11.5. The number of carbonyl (C=O) groups excluding carboxylic acids is 3. The normalized spacial score (nSPS) is 20.0. The third-order valence-electron chi connectivity index (χ3n) is 2.98. The highest BCUT2D eigenvalue weighted by molar-refractivity contribution is 7.14. The summed E-state index contributed by atoms with van der Waals surface area (Å²) < 4.78 is 0. The number of hydrogen-bond acceptors (Lipinski definition) is 7. The number of nitrogens with zero attached hydrogens (tertiary/aromatic N) is 2. The monoisotopic (exact) mass is 393 g/mol. The third kappa shape index (κ3) is 4.13. The maximum atomic E-state index is 12.3. The Morgan fingerprint density at radius 1 is 1.50 bits per heavy atom. The summed E-state index contributed by atoms with van der Waals surface area (Å²) in [5.41, 5.74) is 0.0551. The van der Waals surface area contributed by atoms with E-state index in [2.05, 4.69) is 30.9 Å². The molecule has 0 aromatic carbocycles. The zero-order valence-corrected chi connectivity index (χ0v) is 14.7. The van der Waals surface area contributed by atoms with Gasteiger partial charge in [0.1, 0.15) is 24.7 Å². The van der Waals surface area contributed by atoms with Gasteiger partial charge in [-0.3, -0.25) is 14.4 Å². The zero-order valence-electron chi connectivity index (χ0n) is 12.3. The molecule has 1 aromatic rings. The summed E-state index contributed by atoms with van der Waals surface area (Å²) >= 11 is 12.2. The van der Waals surface area contributed by atoms with Gasteiger partial charge >= 0.3 is 0 Å². The standard InChI is InChI=1S/C12H13Cl2N5O4S/c1-23-19-9(6-4-24-12(16-6)17-7(20)3-14)11(22)18-8-5(2-13)15-10(8)21/h4-5,8H,2-3H2,1H3,(H,15,21)(H,18,22)(H,16,17,20)/b19-9-/t5-,8+/m0/s1. The molecule has 0 aliphatic carbocycles. The van der Waals surface area contributed by atoms with Crippen LogP contribution in [-0.4, -0.2) is 59.4 Å². The SMILES string of the molecule is CO/N=C(\C(=O)N[C@H]1C(=O)N[C@H]1CCl)c1csc(NC(=O)CCl)n1. The summed E-state index contributed by atoms with van der Waals surface area (Å²) in [5.74, 6) is -1.46. The van der Waals surface area contributed by atoms with Gasteiger partial charge in [0.25, 0.3) is 5.91 Å². The van der Waals surface area contributed by atoms with Crippen molar-refractivity contribution >= 4 is 63.1 Å². The number of amides is 3. The molecule has 1 aromatic heterocycles. The van der Waals surface area contributed by atoms with Crippen molar-refractivity contribution in [2.45, 2.75) is 12.1 Å². The second-order valence-electron chi connectivity index (χ2n) is 4.56. The number of halogens is 2. The van der Waals surface area contributed by atoms with Crippen molar-refractivity contribution < 1.29 is 19.2 Å². The van der Waals surface area contributed by atoms with Crippen LogP contribution in [0.4, 0.5) is 5.13 Å². The molecule has 2 atom stereocenters. The molecule has 2 rings (SSSR count). The van der Waals surface area contributed by atoms with Crippen LogP contribution in [0.2, 0.25) is 0 Å². The molecule has 0 spiro atoms. The van der Waals surface area contributed by atoms with Gasteiger partial charge in [-0.2, -0.15) is 0 Å². The minimum atomic E-state index is -0.744. The highest BCUT2D eigenvalue weighted by Gasteiger charge is 2.40. The van der Waals surface area contributed by atoms with Gasteiger partial charge in [0.2, 0.25) is 11.8 Å². The Morgan fingerprint density at radius 3 is 2.83 bits per heavy atom. The lowest BCUT2D eigenvalue weighted by Gasteiger charge is -2.35. The van der Waals surface area contributed by atoms with E-state index in [1.165, 1.54) is 12.5 Å². The van der Waals surface area contributed by atoms with Gasteiger partial charge in [0, 0.05) is 11.3 Å². The Hall–Kier alpha value is -1.91. The predicted molar refractivity (Wildman–Crippen MR) is 89.6 cm³/mol. The number of carbonyl (C=O) groups is 3. The van der Waals surface area contributed by atoms with Gasteiger partial charge in [-0.1, -0.05) is 5.16 Å². The van der Waals surface area contributed by atoms with Crippen molar-refractivity contribution in [2.75, 3.05) is 24.2 Å². The van der Waals surface area contributed by atoms with Gasteiger partial charge < -0.3 is 20.8 Å². The van der Waals surface area contributed by atoms with Crippen molar-refractivity contribution in [1.29, 1.82) is 0 Å². The Labute approximate surface area is 150 Å². The first-order valence-corrected chi connectivity index (χ1v) is 8.55. The molecule has 0 saturated carbocycles. The van der Waals surface area contributed by atoms with Crippen LogP contribution in [0.3, 0.4) is 0 Å². The molecule has 2 heterocycles. The predicted octanol–water partition coefficient (Wildman–Crippen LogP) is -0.107. The molecular weight excluding hydrogens is 381 g/mol. The van der Waals surface area contributed by atoms with Gasteiger partial charge in [-0.25, -0.2) is 4.98 Å². The minimum Gasteiger partial charge on any atom is -0.398 e. The van der Waals surface area contributed by atoms with Crippen molar-refractivity contribution in [3.8, 4) is 0 Å². The summed E-state index contributed by atoms with van der Waals surface area (Å²) in [4.78, 5) is 43.8. The van der Waals surface area contributed by atoms with Crippen molar-refractivity contribution in [3.63, 3.8) is 0 Å². The lowest BCUT2D eigenvalue weighted by molar-refractivity contribution is -0.134. The number of thiazole rings is 1. The van der Waals surface area contributed by atoms with Gasteiger partial charge in [0.05, 0.1) is 6.04 Å². The van der Waals surface area contributed by atoms with E-state index in [4.69, 9.17) is 23.2 Å². The highest BCUT2D eigenvalue weighted by Crippen LogP contribution is 2.17. The van der Waals surface area contributed by atoms with E-state index in [9.17, 15) is 14.4 Å². The first-order valence-electron chi connectivity index (χ1n) is 6.60. The van der Waals surface area contributed by atoms with E-state index >= 15 is 0 Å². The Balaban J connectivity index is 2.11. The van der Waals surface area contributed by atoms with Gasteiger partial charge in [-0.15, -0.1) is 34.5 Å². The third-order valence-corrected chi connectivity index (χ3v) is 4.31. The fourth-order valence-electron chi connectivity index (χ4n) is 1.83. The fraction of sp³-hybridized carbons (Fsp3) is 0.417. The summed E-state index contributed by atoms with van der Waals surface area (Å²) in [6, 6.07) is -1.09. The molecule has 3 N–H and O–H groups in total. The van der Waals surface area contributed by atoms with E-state index in [0.29, 0.717) is 0 Å². The van der Waals surface area contributed by atoms with Crippen molar-refractivity contribution in [1.82, 2.24) is 15.6 Å². The number of oxime groups is 1. The number of hydrogen-bond donors (Lipinski definition) is 3. The lowest BCUT2D eigenvalue weighted by Crippen LogP contribution is -2.70. The molecule has 12 heteroatoms.